The molecule has 0 fully saturated rings. The maximum atomic E-state index is 12.1. The molecular weight excluding hydrogens is 446 g/mol. The van der Waals surface area contributed by atoms with Gasteiger partial charge in [-0.05, 0) is 31.0 Å². The zero-order chi connectivity index (χ0) is 17.8. The topological polar surface area (TPSA) is 45.6 Å². The normalized spacial score (nSPS) is 11.2. The molecule has 140 valence electrons. The lowest BCUT2D eigenvalue weighted by Crippen LogP contribution is -2.38. The van der Waals surface area contributed by atoms with Gasteiger partial charge in [0.15, 0.2) is 5.96 Å². The van der Waals surface area contributed by atoms with Gasteiger partial charge in [0.2, 0.25) is 0 Å². The average Bonchev–Trinajstić information content (AvgIpc) is 2.53. The molecular formula is C17H23F3IN3O. The first kappa shape index (κ1) is 23.4. The lowest BCUT2D eigenvalue weighted by Gasteiger charge is -2.12. The van der Waals surface area contributed by atoms with E-state index in [1.54, 1.807) is 0 Å². The van der Waals surface area contributed by atoms with Crippen LogP contribution in [0.2, 0.25) is 0 Å². The molecule has 1 aromatic carbocycles. The van der Waals surface area contributed by atoms with Gasteiger partial charge in [-0.2, -0.15) is 13.2 Å². The second-order valence-corrected chi connectivity index (χ2v) is 4.94. The number of alkyl halides is 3. The Morgan fingerprint density at radius 1 is 1.24 bits per heavy atom. The van der Waals surface area contributed by atoms with Crippen LogP contribution in [0, 0.1) is 12.3 Å². The van der Waals surface area contributed by atoms with E-state index in [4.69, 9.17) is 11.2 Å². The number of guanidine groups is 1. The van der Waals surface area contributed by atoms with Crippen LogP contribution in [0.5, 0.6) is 5.75 Å². The van der Waals surface area contributed by atoms with Crippen molar-refractivity contribution in [3.63, 3.8) is 0 Å². The second kappa shape index (κ2) is 12.7. The fourth-order valence-corrected chi connectivity index (χ4v) is 1.84. The van der Waals surface area contributed by atoms with E-state index in [-0.39, 0.29) is 37.1 Å². The number of terminal acetylenes is 1. The monoisotopic (exact) mass is 469 g/mol. The Labute approximate surface area is 163 Å². The minimum atomic E-state index is -4.19. The summed E-state index contributed by atoms with van der Waals surface area (Å²) in [5, 5.41) is 5.94. The molecule has 0 unspecified atom stereocenters. The molecule has 2 N–H and O–H groups in total. The molecule has 0 saturated carbocycles. The maximum absolute atomic E-state index is 12.1. The molecule has 1 rings (SSSR count). The van der Waals surface area contributed by atoms with Gasteiger partial charge in [0.25, 0.3) is 0 Å². The Kier molecular flexibility index (Phi) is 11.9. The van der Waals surface area contributed by atoms with Crippen LogP contribution in [0.1, 0.15) is 18.9 Å². The number of rotatable bonds is 8. The van der Waals surface area contributed by atoms with Crippen molar-refractivity contribution in [3.05, 3.63) is 29.8 Å². The third kappa shape index (κ3) is 11.5. The average molecular weight is 469 g/mol. The third-order valence-electron chi connectivity index (χ3n) is 2.96. The smallest absolute Gasteiger partial charge is 0.390 e. The lowest BCUT2D eigenvalue weighted by molar-refractivity contribution is -0.132. The molecule has 0 aromatic heterocycles. The van der Waals surface area contributed by atoms with E-state index < -0.39 is 12.6 Å². The summed E-state index contributed by atoms with van der Waals surface area (Å²) >= 11 is 0. The Morgan fingerprint density at radius 3 is 2.48 bits per heavy atom. The summed E-state index contributed by atoms with van der Waals surface area (Å²) < 4.78 is 41.7. The van der Waals surface area contributed by atoms with Crippen molar-refractivity contribution in [3.8, 4) is 18.1 Å². The van der Waals surface area contributed by atoms with Crippen molar-refractivity contribution < 1.29 is 17.9 Å². The largest absolute Gasteiger partial charge is 0.481 e. The van der Waals surface area contributed by atoms with Gasteiger partial charge >= 0.3 is 6.18 Å². The molecule has 8 heteroatoms. The molecule has 0 bridgehead atoms. The Morgan fingerprint density at radius 2 is 1.92 bits per heavy atom. The fraction of sp³-hybridized carbons (Fsp3) is 0.471. The highest BCUT2D eigenvalue weighted by Crippen LogP contribution is 2.18. The lowest BCUT2D eigenvalue weighted by atomic mass is 10.1. The molecule has 25 heavy (non-hydrogen) atoms. The van der Waals surface area contributed by atoms with Crippen molar-refractivity contribution >= 4 is 29.9 Å². The van der Waals surface area contributed by atoms with E-state index in [0.29, 0.717) is 31.2 Å². The second-order valence-electron chi connectivity index (χ2n) is 4.94. The summed E-state index contributed by atoms with van der Waals surface area (Å²) in [4.78, 5) is 3.91. The first-order valence-corrected chi connectivity index (χ1v) is 7.68. The summed E-state index contributed by atoms with van der Waals surface area (Å²) in [7, 11) is 0. The van der Waals surface area contributed by atoms with E-state index >= 15 is 0 Å². The van der Waals surface area contributed by atoms with E-state index in [1.165, 1.54) is 0 Å². The number of aliphatic imine (C=N–C) groups is 1. The molecule has 0 aliphatic carbocycles. The predicted molar refractivity (Wildman–Crippen MR) is 105 cm³/mol. The van der Waals surface area contributed by atoms with Gasteiger partial charge in [-0.15, -0.1) is 30.4 Å². The number of hydrogen-bond donors (Lipinski definition) is 2. The zero-order valence-corrected chi connectivity index (χ0v) is 16.4. The highest BCUT2D eigenvalue weighted by atomic mass is 127. The van der Waals surface area contributed by atoms with Crippen LogP contribution in [-0.2, 0) is 6.42 Å². The summed E-state index contributed by atoms with van der Waals surface area (Å²) in [6, 6.07) is 7.49. The van der Waals surface area contributed by atoms with Gasteiger partial charge in [-0.3, -0.25) is 4.99 Å². The number of hydrogen-bond acceptors (Lipinski definition) is 2. The number of nitrogens with zero attached hydrogens (tertiary/aromatic N) is 1. The van der Waals surface area contributed by atoms with Crippen LogP contribution in [0.15, 0.2) is 29.3 Å². The van der Waals surface area contributed by atoms with Crippen molar-refractivity contribution in [2.45, 2.75) is 25.9 Å². The number of halogens is 4. The summed E-state index contributed by atoms with van der Waals surface area (Å²) in [5.41, 5.74) is 1.07. The molecule has 0 spiro atoms. The molecule has 0 amide bonds. The molecule has 1 aromatic rings. The van der Waals surface area contributed by atoms with E-state index in [1.807, 2.05) is 31.2 Å². The predicted octanol–water partition coefficient (Wildman–Crippen LogP) is 3.37. The minimum Gasteiger partial charge on any atom is -0.481 e. The Bertz CT molecular complexity index is 554. The van der Waals surface area contributed by atoms with Gasteiger partial charge in [-0.25, -0.2) is 0 Å². The summed E-state index contributed by atoms with van der Waals surface area (Å²) in [5.74, 6) is 3.48. The van der Waals surface area contributed by atoms with E-state index in [9.17, 15) is 13.2 Å². The van der Waals surface area contributed by atoms with Gasteiger partial charge in [0.05, 0.1) is 13.0 Å². The number of benzene rings is 1. The maximum Gasteiger partial charge on any atom is 0.390 e. The van der Waals surface area contributed by atoms with Gasteiger partial charge < -0.3 is 15.4 Å². The zero-order valence-electron chi connectivity index (χ0n) is 14.0. The van der Waals surface area contributed by atoms with E-state index in [0.717, 1.165) is 5.56 Å². The van der Waals surface area contributed by atoms with E-state index in [2.05, 4.69) is 21.5 Å². The fourth-order valence-electron chi connectivity index (χ4n) is 1.84. The molecule has 0 aliphatic rings. The van der Waals surface area contributed by atoms with Crippen LogP contribution in [0.4, 0.5) is 13.2 Å². The van der Waals surface area contributed by atoms with Crippen LogP contribution < -0.4 is 15.4 Å². The van der Waals surface area contributed by atoms with Gasteiger partial charge in [0.1, 0.15) is 12.4 Å². The quantitative estimate of drug-likeness (QED) is 0.266. The number of ether oxygens (including phenoxy) is 1. The van der Waals surface area contributed by atoms with Crippen LogP contribution in [0.3, 0.4) is 0 Å². The van der Waals surface area contributed by atoms with Crippen molar-refractivity contribution in [1.29, 1.82) is 0 Å². The first-order chi connectivity index (χ1) is 11.4. The minimum absolute atomic E-state index is 0. The third-order valence-corrected chi connectivity index (χ3v) is 2.96. The van der Waals surface area contributed by atoms with Crippen LogP contribution in [0.25, 0.3) is 0 Å². The van der Waals surface area contributed by atoms with Crippen molar-refractivity contribution in [2.24, 2.45) is 4.99 Å². The van der Waals surface area contributed by atoms with Gasteiger partial charge in [-0.1, -0.05) is 18.1 Å². The highest BCUT2D eigenvalue weighted by molar-refractivity contribution is 14.0. The van der Waals surface area contributed by atoms with Gasteiger partial charge in [0, 0.05) is 13.1 Å². The molecule has 0 aliphatic heterocycles. The molecule has 0 atom stereocenters. The summed E-state index contributed by atoms with van der Waals surface area (Å²) in [6.45, 7) is 2.93. The van der Waals surface area contributed by atoms with Crippen LogP contribution >= 0.6 is 24.0 Å². The summed E-state index contributed by atoms with van der Waals surface area (Å²) in [6.07, 6.45) is 0.710. The SMILES string of the molecule is C#CCOc1ccc(CCNC(=NCCC(F)(F)F)NCC)cc1.I. The van der Waals surface area contributed by atoms with Crippen molar-refractivity contribution in [1.82, 2.24) is 10.6 Å². The first-order valence-electron chi connectivity index (χ1n) is 7.68. The standard InChI is InChI=1S/C17H22F3N3O.HI/c1-3-13-24-15-7-5-14(6-8-15)9-11-22-16(21-4-2)23-12-10-17(18,19)20;/h1,5-8H,4,9-13H2,2H3,(H2,21,22,23);1H. The van der Waals surface area contributed by atoms with Crippen molar-refractivity contribution in [2.75, 3.05) is 26.2 Å². The molecule has 0 heterocycles. The highest BCUT2D eigenvalue weighted by Gasteiger charge is 2.26. The molecule has 0 radical (unpaired) electrons. The number of nitrogens with one attached hydrogen (secondary N) is 2. The van der Waals surface area contributed by atoms with Crippen LogP contribution in [-0.4, -0.2) is 38.4 Å². The molecule has 0 saturated heterocycles. The Hall–Kier alpha value is -1.63. The molecule has 4 nitrogen and oxygen atoms in total. The Balaban J connectivity index is 0.00000576.